The van der Waals surface area contributed by atoms with E-state index < -0.39 is 0 Å². The monoisotopic (exact) mass is 435 g/mol. The fraction of sp³-hybridized carbons (Fsp3) is 0.968. The minimum absolute atomic E-state index is 0.972. The topological polar surface area (TPSA) is 0 Å². The minimum atomic E-state index is 0.972. The highest BCUT2D eigenvalue weighted by Gasteiger charge is 2.07. The van der Waals surface area contributed by atoms with Crippen molar-refractivity contribution in [1.82, 2.24) is 0 Å². The smallest absolute Gasteiger partial charge is 0.0414 e. The van der Waals surface area contributed by atoms with Crippen molar-refractivity contribution in [2.45, 2.75) is 187 Å². The lowest BCUT2D eigenvalue weighted by Gasteiger charge is -2.16. The summed E-state index contributed by atoms with van der Waals surface area (Å²) in [6.45, 7) is 8.74. The second kappa shape index (κ2) is 28.0. The summed E-state index contributed by atoms with van der Waals surface area (Å²) in [6.07, 6.45) is 39.1. The van der Waals surface area contributed by atoms with Gasteiger partial charge in [0.25, 0.3) is 0 Å². The van der Waals surface area contributed by atoms with Crippen LogP contribution in [0, 0.1) is 12.8 Å². The fourth-order valence-electron chi connectivity index (χ4n) is 5.09. The molecule has 0 amide bonds. The van der Waals surface area contributed by atoms with Gasteiger partial charge in [0.05, 0.1) is 0 Å². The minimum Gasteiger partial charge on any atom is -0.0654 e. The third-order valence-electron chi connectivity index (χ3n) is 7.29. The fourth-order valence-corrected chi connectivity index (χ4v) is 5.09. The Balaban J connectivity index is 3.33. The van der Waals surface area contributed by atoms with E-state index in [1.54, 1.807) is 0 Å². The molecular formula is C31H63. The summed E-state index contributed by atoms with van der Waals surface area (Å²) in [5.74, 6) is 0.972. The Kier molecular flexibility index (Phi) is 28.0. The summed E-state index contributed by atoms with van der Waals surface area (Å²) in [6, 6.07) is 0. The lowest BCUT2D eigenvalue weighted by atomic mass is 9.90. The SMILES string of the molecule is [CH2]CCC(CCCCCCCCC)CCCCCCCCCCCCCCCCCC. The second-order valence-electron chi connectivity index (χ2n) is 10.5. The summed E-state index contributed by atoms with van der Waals surface area (Å²) >= 11 is 0. The first-order valence-electron chi connectivity index (χ1n) is 15.1. The van der Waals surface area contributed by atoms with E-state index in [1.807, 2.05) is 0 Å². The molecule has 0 aliphatic heterocycles. The molecule has 1 atom stereocenters. The molecule has 0 saturated heterocycles. The molecule has 0 fully saturated rings. The van der Waals surface area contributed by atoms with Crippen LogP contribution in [0.25, 0.3) is 0 Å². The van der Waals surface area contributed by atoms with E-state index in [-0.39, 0.29) is 0 Å². The van der Waals surface area contributed by atoms with Gasteiger partial charge in [0, 0.05) is 0 Å². The van der Waals surface area contributed by atoms with Gasteiger partial charge in [-0.3, -0.25) is 0 Å². The molecule has 0 aliphatic rings. The molecule has 31 heavy (non-hydrogen) atoms. The van der Waals surface area contributed by atoms with Gasteiger partial charge in [-0.15, -0.1) is 0 Å². The van der Waals surface area contributed by atoms with Gasteiger partial charge in [-0.05, 0) is 5.92 Å². The first kappa shape index (κ1) is 31.0. The number of rotatable bonds is 27. The van der Waals surface area contributed by atoms with Crippen molar-refractivity contribution in [2.75, 3.05) is 0 Å². The molecule has 0 aromatic carbocycles. The van der Waals surface area contributed by atoms with Crippen LogP contribution in [-0.4, -0.2) is 0 Å². The highest BCUT2D eigenvalue weighted by molar-refractivity contribution is 4.62. The van der Waals surface area contributed by atoms with Gasteiger partial charge in [-0.25, -0.2) is 0 Å². The van der Waals surface area contributed by atoms with Crippen molar-refractivity contribution < 1.29 is 0 Å². The maximum Gasteiger partial charge on any atom is -0.0414 e. The Morgan fingerprint density at radius 3 is 0.871 bits per heavy atom. The molecule has 0 aromatic heterocycles. The van der Waals surface area contributed by atoms with E-state index in [4.69, 9.17) is 0 Å². The lowest BCUT2D eigenvalue weighted by molar-refractivity contribution is 0.382. The van der Waals surface area contributed by atoms with Gasteiger partial charge in [-0.1, -0.05) is 194 Å². The summed E-state index contributed by atoms with van der Waals surface area (Å²) in [5.41, 5.74) is 0. The van der Waals surface area contributed by atoms with E-state index in [0.29, 0.717) is 0 Å². The molecule has 0 rings (SSSR count). The summed E-state index contributed by atoms with van der Waals surface area (Å²) in [5, 5.41) is 0. The third-order valence-corrected chi connectivity index (χ3v) is 7.29. The van der Waals surface area contributed by atoms with E-state index >= 15 is 0 Å². The Labute approximate surface area is 200 Å². The van der Waals surface area contributed by atoms with Crippen molar-refractivity contribution in [3.05, 3.63) is 6.92 Å². The van der Waals surface area contributed by atoms with Crippen LogP contribution in [0.3, 0.4) is 0 Å². The predicted molar refractivity (Wildman–Crippen MR) is 145 cm³/mol. The van der Waals surface area contributed by atoms with Gasteiger partial charge in [-0.2, -0.15) is 0 Å². The van der Waals surface area contributed by atoms with Gasteiger partial charge in [0.15, 0.2) is 0 Å². The van der Waals surface area contributed by atoms with Gasteiger partial charge in [0.1, 0.15) is 0 Å². The molecule has 0 nitrogen and oxygen atoms in total. The van der Waals surface area contributed by atoms with Crippen LogP contribution in [0.4, 0.5) is 0 Å². The third kappa shape index (κ3) is 26.1. The first-order valence-corrected chi connectivity index (χ1v) is 15.1. The Morgan fingerprint density at radius 1 is 0.355 bits per heavy atom. The summed E-state index contributed by atoms with van der Waals surface area (Å²) < 4.78 is 0. The predicted octanol–water partition coefficient (Wildman–Crippen LogP) is 12.0. The molecule has 1 radical (unpaired) electrons. The highest BCUT2D eigenvalue weighted by Crippen LogP contribution is 2.23. The van der Waals surface area contributed by atoms with Crippen molar-refractivity contribution in [2.24, 2.45) is 5.92 Å². The van der Waals surface area contributed by atoms with Crippen LogP contribution in [0.5, 0.6) is 0 Å². The number of hydrogen-bond acceptors (Lipinski definition) is 0. The molecule has 1 unspecified atom stereocenters. The second-order valence-corrected chi connectivity index (χ2v) is 10.5. The van der Waals surface area contributed by atoms with Crippen LogP contribution < -0.4 is 0 Å². The molecule has 0 saturated carbocycles. The van der Waals surface area contributed by atoms with Gasteiger partial charge < -0.3 is 0 Å². The molecule has 0 heterocycles. The van der Waals surface area contributed by atoms with E-state index in [0.717, 1.165) is 12.3 Å². The zero-order chi connectivity index (χ0) is 22.7. The molecule has 0 bridgehead atoms. The normalized spacial score (nSPS) is 12.5. The van der Waals surface area contributed by atoms with Crippen LogP contribution in [-0.2, 0) is 0 Å². The van der Waals surface area contributed by atoms with Gasteiger partial charge in [0.2, 0.25) is 0 Å². The Hall–Kier alpha value is 0. The van der Waals surface area contributed by atoms with E-state index in [1.165, 1.54) is 167 Å². The van der Waals surface area contributed by atoms with Crippen molar-refractivity contribution in [3.8, 4) is 0 Å². The average molecular weight is 436 g/mol. The Bertz CT molecular complexity index is 294. The van der Waals surface area contributed by atoms with Crippen molar-refractivity contribution in [3.63, 3.8) is 0 Å². The zero-order valence-corrected chi connectivity index (χ0v) is 22.4. The zero-order valence-electron chi connectivity index (χ0n) is 22.4. The highest BCUT2D eigenvalue weighted by atomic mass is 14.1. The first-order chi connectivity index (χ1) is 15.3. The average Bonchev–Trinajstić information content (AvgIpc) is 2.78. The quantitative estimate of drug-likeness (QED) is 0.112. The summed E-state index contributed by atoms with van der Waals surface area (Å²) in [7, 11) is 0. The molecule has 0 aromatic rings. The van der Waals surface area contributed by atoms with Crippen molar-refractivity contribution >= 4 is 0 Å². The maximum absolute atomic E-state index is 4.13. The van der Waals surface area contributed by atoms with Crippen molar-refractivity contribution in [1.29, 1.82) is 0 Å². The van der Waals surface area contributed by atoms with E-state index in [2.05, 4.69) is 20.8 Å². The van der Waals surface area contributed by atoms with Crippen LogP contribution in [0.2, 0.25) is 0 Å². The molecule has 0 spiro atoms. The standard InChI is InChI=1S/C31H63/c1-4-7-9-11-13-14-15-16-17-18-19-20-21-23-25-27-30-31(28-6-3)29-26-24-22-12-10-8-5-2/h31H,3-30H2,1-2H3. The summed E-state index contributed by atoms with van der Waals surface area (Å²) in [4.78, 5) is 0. The van der Waals surface area contributed by atoms with E-state index in [9.17, 15) is 0 Å². The molecule has 187 valence electrons. The Morgan fingerprint density at radius 2 is 0.613 bits per heavy atom. The van der Waals surface area contributed by atoms with Crippen LogP contribution >= 0.6 is 0 Å². The number of unbranched alkanes of at least 4 members (excludes halogenated alkanes) is 21. The molecule has 0 aliphatic carbocycles. The number of hydrogen-bond donors (Lipinski definition) is 0. The molecule has 0 heteroatoms. The molecule has 0 N–H and O–H groups in total. The van der Waals surface area contributed by atoms with Crippen LogP contribution in [0.15, 0.2) is 0 Å². The maximum atomic E-state index is 4.13. The van der Waals surface area contributed by atoms with Crippen LogP contribution in [0.1, 0.15) is 187 Å². The van der Waals surface area contributed by atoms with Gasteiger partial charge >= 0.3 is 0 Å². The molecular weight excluding hydrogens is 372 g/mol. The lowest BCUT2D eigenvalue weighted by Crippen LogP contribution is -2.00. The largest absolute Gasteiger partial charge is 0.0654 e.